The van der Waals surface area contributed by atoms with Crippen LogP contribution in [0, 0.1) is 0 Å². The summed E-state index contributed by atoms with van der Waals surface area (Å²) in [7, 11) is 0. The van der Waals surface area contributed by atoms with Gasteiger partial charge >= 0.3 is 0 Å². The van der Waals surface area contributed by atoms with E-state index in [2.05, 4.69) is 55.3 Å². The molecule has 1 unspecified atom stereocenters. The van der Waals surface area contributed by atoms with E-state index in [-0.39, 0.29) is 0 Å². The molecule has 0 fully saturated rings. The maximum atomic E-state index is 3.73. The molecule has 0 saturated heterocycles. The normalized spacial score (nSPS) is 19.4. The molecule has 1 aliphatic heterocycles. The van der Waals surface area contributed by atoms with E-state index in [1.165, 1.54) is 36.9 Å². The van der Waals surface area contributed by atoms with Gasteiger partial charge in [0.05, 0.1) is 0 Å². The van der Waals surface area contributed by atoms with Gasteiger partial charge in [-0.1, -0.05) is 45.4 Å². The summed E-state index contributed by atoms with van der Waals surface area (Å²) in [5.41, 5.74) is 2.90. The summed E-state index contributed by atoms with van der Waals surface area (Å²) in [4.78, 5) is 2.65. The Bertz CT molecular complexity index is 385. The number of nitrogens with zero attached hydrogens (tertiary/aromatic N) is 1. The minimum atomic E-state index is 0.623. The van der Waals surface area contributed by atoms with Crippen molar-refractivity contribution in [3.05, 3.63) is 29.8 Å². The van der Waals surface area contributed by atoms with Crippen LogP contribution in [0.4, 0.5) is 5.69 Å². The molecule has 1 N–H and O–H groups in total. The zero-order chi connectivity index (χ0) is 13.7. The lowest BCUT2D eigenvalue weighted by Gasteiger charge is -2.34. The van der Waals surface area contributed by atoms with Crippen LogP contribution in [-0.2, 0) is 6.54 Å². The minimum Gasteiger partial charge on any atom is -0.367 e. The van der Waals surface area contributed by atoms with E-state index in [9.17, 15) is 0 Å². The Hall–Kier alpha value is -1.02. The summed E-state index contributed by atoms with van der Waals surface area (Å²) in [6.07, 6.45) is 4.97. The van der Waals surface area contributed by atoms with Gasteiger partial charge in [0, 0.05) is 30.9 Å². The molecule has 2 heteroatoms. The third kappa shape index (κ3) is 3.30. The predicted molar refractivity (Wildman–Crippen MR) is 83.7 cm³/mol. The highest BCUT2D eigenvalue weighted by atomic mass is 15.2. The van der Waals surface area contributed by atoms with Gasteiger partial charge in [-0.05, 0) is 30.9 Å². The van der Waals surface area contributed by atoms with E-state index in [0.717, 1.165) is 13.1 Å². The maximum Gasteiger partial charge on any atom is 0.0414 e. The molecule has 0 radical (unpaired) electrons. The van der Waals surface area contributed by atoms with Crippen LogP contribution >= 0.6 is 0 Å². The Morgan fingerprint density at radius 2 is 1.95 bits per heavy atom. The van der Waals surface area contributed by atoms with Crippen molar-refractivity contribution in [1.82, 2.24) is 5.32 Å². The first-order chi connectivity index (χ1) is 9.30. The highest BCUT2D eigenvalue weighted by Crippen LogP contribution is 2.28. The van der Waals surface area contributed by atoms with Crippen LogP contribution in [0.5, 0.6) is 0 Å². The summed E-state index contributed by atoms with van der Waals surface area (Å²) < 4.78 is 0. The topological polar surface area (TPSA) is 15.3 Å². The maximum absolute atomic E-state index is 3.73. The summed E-state index contributed by atoms with van der Waals surface area (Å²) >= 11 is 0. The van der Waals surface area contributed by atoms with Crippen molar-refractivity contribution < 1.29 is 0 Å². The number of para-hydroxylation sites is 1. The highest BCUT2D eigenvalue weighted by Gasteiger charge is 2.24. The molecular weight excluding hydrogens is 232 g/mol. The van der Waals surface area contributed by atoms with Gasteiger partial charge < -0.3 is 10.2 Å². The first-order valence-corrected chi connectivity index (χ1v) is 7.88. The number of fused-ring (bicyclic) bond motifs is 1. The number of anilines is 1. The van der Waals surface area contributed by atoms with Crippen molar-refractivity contribution in [1.29, 1.82) is 0 Å². The Balaban J connectivity index is 2.28. The lowest BCUT2D eigenvalue weighted by Crippen LogP contribution is -2.43. The fraction of sp³-hybridized carbons (Fsp3) is 0.647. The fourth-order valence-corrected chi connectivity index (χ4v) is 3.21. The van der Waals surface area contributed by atoms with Crippen molar-refractivity contribution in [2.45, 2.75) is 65.1 Å². The molecule has 19 heavy (non-hydrogen) atoms. The van der Waals surface area contributed by atoms with Gasteiger partial charge in [-0.15, -0.1) is 0 Å². The average molecular weight is 260 g/mol. The van der Waals surface area contributed by atoms with E-state index in [1.54, 1.807) is 0 Å². The largest absolute Gasteiger partial charge is 0.367 e. The standard InChI is InChI=1S/C17H28N2/c1-4-9-15-13-19(16(5-2)6-3)17-11-8-7-10-14(17)12-18-15/h7-8,10-11,15-16,18H,4-6,9,12-13H2,1-3H3. The monoisotopic (exact) mass is 260 g/mol. The van der Waals surface area contributed by atoms with E-state index >= 15 is 0 Å². The third-order valence-electron chi connectivity index (χ3n) is 4.32. The molecule has 1 aromatic rings. The van der Waals surface area contributed by atoms with Crippen molar-refractivity contribution >= 4 is 5.69 Å². The Morgan fingerprint density at radius 1 is 1.21 bits per heavy atom. The van der Waals surface area contributed by atoms with Gasteiger partial charge in [0.2, 0.25) is 0 Å². The Morgan fingerprint density at radius 3 is 2.63 bits per heavy atom. The second kappa shape index (κ2) is 6.95. The molecule has 0 bridgehead atoms. The van der Waals surface area contributed by atoms with Gasteiger partial charge in [-0.25, -0.2) is 0 Å². The zero-order valence-electron chi connectivity index (χ0n) is 12.7. The molecule has 106 valence electrons. The summed E-state index contributed by atoms with van der Waals surface area (Å²) in [6, 6.07) is 10.2. The van der Waals surface area contributed by atoms with Crippen LogP contribution in [0.3, 0.4) is 0 Å². The van der Waals surface area contributed by atoms with Gasteiger partial charge in [0.1, 0.15) is 0 Å². The summed E-state index contributed by atoms with van der Waals surface area (Å²) in [5.74, 6) is 0. The van der Waals surface area contributed by atoms with Gasteiger partial charge in [0.25, 0.3) is 0 Å². The van der Waals surface area contributed by atoms with Crippen LogP contribution in [0.25, 0.3) is 0 Å². The molecule has 1 heterocycles. The molecule has 0 amide bonds. The number of rotatable bonds is 5. The Kier molecular flexibility index (Phi) is 5.26. The van der Waals surface area contributed by atoms with Crippen LogP contribution in [0.15, 0.2) is 24.3 Å². The van der Waals surface area contributed by atoms with Gasteiger partial charge in [-0.3, -0.25) is 0 Å². The first kappa shape index (κ1) is 14.4. The van der Waals surface area contributed by atoms with Crippen molar-refractivity contribution in [2.75, 3.05) is 11.4 Å². The van der Waals surface area contributed by atoms with Crippen LogP contribution in [-0.4, -0.2) is 18.6 Å². The number of benzene rings is 1. The van der Waals surface area contributed by atoms with Gasteiger partial charge in [-0.2, -0.15) is 0 Å². The third-order valence-corrected chi connectivity index (χ3v) is 4.32. The summed E-state index contributed by atoms with van der Waals surface area (Å²) in [5, 5.41) is 3.73. The van der Waals surface area contributed by atoms with Crippen molar-refractivity contribution in [2.24, 2.45) is 0 Å². The zero-order valence-corrected chi connectivity index (χ0v) is 12.7. The molecule has 1 atom stereocenters. The van der Waals surface area contributed by atoms with E-state index in [0.29, 0.717) is 12.1 Å². The minimum absolute atomic E-state index is 0.623. The first-order valence-electron chi connectivity index (χ1n) is 7.88. The van der Waals surface area contributed by atoms with E-state index < -0.39 is 0 Å². The van der Waals surface area contributed by atoms with Crippen LogP contribution in [0.2, 0.25) is 0 Å². The Labute approximate surface area is 118 Å². The second-order valence-corrected chi connectivity index (χ2v) is 5.62. The average Bonchev–Trinajstić information content (AvgIpc) is 2.62. The molecule has 1 aromatic carbocycles. The molecule has 0 saturated carbocycles. The molecule has 1 aliphatic rings. The number of hydrogen-bond acceptors (Lipinski definition) is 2. The van der Waals surface area contributed by atoms with Crippen LogP contribution in [0.1, 0.15) is 52.0 Å². The quantitative estimate of drug-likeness (QED) is 0.862. The molecule has 0 spiro atoms. The van der Waals surface area contributed by atoms with Crippen molar-refractivity contribution in [3.8, 4) is 0 Å². The second-order valence-electron chi connectivity index (χ2n) is 5.62. The highest BCUT2D eigenvalue weighted by molar-refractivity contribution is 5.55. The van der Waals surface area contributed by atoms with E-state index in [4.69, 9.17) is 0 Å². The number of nitrogens with one attached hydrogen (secondary N) is 1. The number of hydrogen-bond donors (Lipinski definition) is 1. The molecule has 2 rings (SSSR count). The van der Waals surface area contributed by atoms with Crippen LogP contribution < -0.4 is 10.2 Å². The van der Waals surface area contributed by atoms with Crippen molar-refractivity contribution in [3.63, 3.8) is 0 Å². The molecule has 0 aliphatic carbocycles. The predicted octanol–water partition coefficient (Wildman–Crippen LogP) is 3.95. The molecule has 0 aromatic heterocycles. The van der Waals surface area contributed by atoms with E-state index in [1.807, 2.05) is 0 Å². The molecule has 2 nitrogen and oxygen atoms in total. The van der Waals surface area contributed by atoms with Gasteiger partial charge in [0.15, 0.2) is 0 Å². The lowest BCUT2D eigenvalue weighted by atomic mass is 10.1. The fourth-order valence-electron chi connectivity index (χ4n) is 3.21. The lowest BCUT2D eigenvalue weighted by molar-refractivity contribution is 0.452. The smallest absolute Gasteiger partial charge is 0.0414 e. The molecular formula is C17H28N2. The summed E-state index contributed by atoms with van der Waals surface area (Å²) in [6.45, 7) is 9.06. The SMILES string of the molecule is CCCC1CN(C(CC)CC)c2ccccc2CN1.